The van der Waals surface area contributed by atoms with E-state index >= 15 is 0 Å². The number of aromatic nitrogens is 2. The standard InChI is InChI=1S/C32H40N6O2/c1-21(2)37-13-9-23-5-7-27(17-25(23)11-15-37)35-31(39)29-19-30(34-20-33-29)32(40)36-28-8-6-24-10-14-38(22(3)4)16-12-26(24)18-28/h5-8,17-22H,9-16H2,1-4H3,(H,35,39)(H,36,40). The molecule has 0 spiro atoms. The lowest BCUT2D eigenvalue weighted by atomic mass is 10.0. The molecule has 0 fully saturated rings. The topological polar surface area (TPSA) is 90.5 Å². The Morgan fingerprint density at radius 1 is 0.625 bits per heavy atom. The number of amides is 2. The van der Waals surface area contributed by atoms with E-state index in [1.165, 1.54) is 34.6 Å². The van der Waals surface area contributed by atoms with Crippen LogP contribution < -0.4 is 10.6 Å². The molecule has 1 aromatic heterocycles. The van der Waals surface area contributed by atoms with Gasteiger partial charge in [-0.3, -0.25) is 9.59 Å². The molecule has 0 atom stereocenters. The monoisotopic (exact) mass is 540 g/mol. The van der Waals surface area contributed by atoms with Crippen LogP contribution in [-0.4, -0.2) is 69.8 Å². The summed E-state index contributed by atoms with van der Waals surface area (Å²) >= 11 is 0. The fourth-order valence-electron chi connectivity index (χ4n) is 5.67. The molecule has 0 saturated carbocycles. The van der Waals surface area contributed by atoms with Gasteiger partial charge in [-0.25, -0.2) is 9.97 Å². The van der Waals surface area contributed by atoms with Gasteiger partial charge < -0.3 is 20.4 Å². The minimum Gasteiger partial charge on any atom is -0.321 e. The molecule has 3 aromatic rings. The van der Waals surface area contributed by atoms with Gasteiger partial charge in [0.2, 0.25) is 0 Å². The summed E-state index contributed by atoms with van der Waals surface area (Å²) < 4.78 is 0. The summed E-state index contributed by atoms with van der Waals surface area (Å²) in [5, 5.41) is 5.90. The Balaban J connectivity index is 1.23. The molecule has 40 heavy (non-hydrogen) atoms. The molecule has 2 amide bonds. The average Bonchev–Trinajstić information content (AvgIpc) is 3.29. The molecular weight excluding hydrogens is 500 g/mol. The Hall–Kier alpha value is -3.62. The number of hydrogen-bond acceptors (Lipinski definition) is 6. The molecule has 2 aliphatic rings. The second kappa shape index (κ2) is 12.3. The van der Waals surface area contributed by atoms with Crippen molar-refractivity contribution in [3.8, 4) is 0 Å². The highest BCUT2D eigenvalue weighted by molar-refractivity contribution is 6.07. The number of nitrogens with zero attached hydrogens (tertiary/aromatic N) is 4. The van der Waals surface area contributed by atoms with Crippen LogP contribution in [0.25, 0.3) is 0 Å². The molecule has 2 N–H and O–H groups in total. The smallest absolute Gasteiger partial charge is 0.274 e. The third kappa shape index (κ3) is 6.57. The Bertz CT molecular complexity index is 1280. The summed E-state index contributed by atoms with van der Waals surface area (Å²) in [6.07, 6.45) is 5.18. The normalized spacial score (nSPS) is 16.1. The summed E-state index contributed by atoms with van der Waals surface area (Å²) in [6.45, 7) is 13.0. The van der Waals surface area contributed by atoms with Crippen molar-refractivity contribution in [1.82, 2.24) is 19.8 Å². The van der Waals surface area contributed by atoms with Crippen molar-refractivity contribution in [3.63, 3.8) is 0 Å². The highest BCUT2D eigenvalue weighted by Crippen LogP contribution is 2.23. The zero-order valence-electron chi connectivity index (χ0n) is 24.0. The maximum atomic E-state index is 13.0. The molecule has 0 aliphatic carbocycles. The van der Waals surface area contributed by atoms with Gasteiger partial charge in [0.05, 0.1) is 0 Å². The molecule has 8 nitrogen and oxygen atoms in total. The number of rotatable bonds is 6. The van der Waals surface area contributed by atoms with Gasteiger partial charge in [-0.15, -0.1) is 0 Å². The van der Waals surface area contributed by atoms with E-state index in [1.807, 2.05) is 12.1 Å². The molecule has 2 aliphatic heterocycles. The molecule has 0 bridgehead atoms. The maximum absolute atomic E-state index is 13.0. The Morgan fingerprint density at radius 3 is 1.43 bits per heavy atom. The molecule has 0 radical (unpaired) electrons. The van der Waals surface area contributed by atoms with Crippen molar-refractivity contribution in [1.29, 1.82) is 0 Å². The van der Waals surface area contributed by atoms with Crippen LogP contribution in [0.2, 0.25) is 0 Å². The van der Waals surface area contributed by atoms with Crippen LogP contribution in [0.3, 0.4) is 0 Å². The Kier molecular flexibility index (Phi) is 8.57. The number of carbonyl (C=O) groups is 2. The van der Waals surface area contributed by atoms with Crippen molar-refractivity contribution in [2.24, 2.45) is 0 Å². The lowest BCUT2D eigenvalue weighted by Crippen LogP contribution is -2.32. The number of nitrogens with one attached hydrogen (secondary N) is 2. The Morgan fingerprint density at radius 2 is 1.02 bits per heavy atom. The Labute approximate surface area is 237 Å². The molecule has 0 saturated heterocycles. The van der Waals surface area contributed by atoms with E-state index in [0.29, 0.717) is 12.1 Å². The molecule has 3 heterocycles. The zero-order valence-corrected chi connectivity index (χ0v) is 24.0. The van der Waals surface area contributed by atoms with Gasteiger partial charge in [-0.2, -0.15) is 0 Å². The highest BCUT2D eigenvalue weighted by Gasteiger charge is 2.19. The highest BCUT2D eigenvalue weighted by atomic mass is 16.2. The van der Waals surface area contributed by atoms with E-state index in [2.05, 4.69) is 82.4 Å². The van der Waals surface area contributed by atoms with Crippen molar-refractivity contribution in [3.05, 3.63) is 82.4 Å². The van der Waals surface area contributed by atoms with Crippen molar-refractivity contribution in [2.45, 2.75) is 65.5 Å². The van der Waals surface area contributed by atoms with Gasteiger partial charge in [0.1, 0.15) is 17.7 Å². The van der Waals surface area contributed by atoms with Gasteiger partial charge >= 0.3 is 0 Å². The van der Waals surface area contributed by atoms with E-state index in [0.717, 1.165) is 63.2 Å². The summed E-state index contributed by atoms with van der Waals surface area (Å²) in [5.41, 5.74) is 6.95. The number of hydrogen-bond donors (Lipinski definition) is 2. The maximum Gasteiger partial charge on any atom is 0.274 e. The van der Waals surface area contributed by atoms with Crippen LogP contribution in [0.5, 0.6) is 0 Å². The van der Waals surface area contributed by atoms with Gasteiger partial charge in [0.25, 0.3) is 11.8 Å². The summed E-state index contributed by atoms with van der Waals surface area (Å²) in [6, 6.07) is 14.7. The number of anilines is 2. The second-order valence-corrected chi connectivity index (χ2v) is 11.4. The fourth-order valence-corrected chi connectivity index (χ4v) is 5.67. The van der Waals surface area contributed by atoms with Crippen LogP contribution in [0, 0.1) is 0 Å². The first-order valence-electron chi connectivity index (χ1n) is 14.4. The van der Waals surface area contributed by atoms with Gasteiger partial charge in [-0.1, -0.05) is 12.1 Å². The minimum absolute atomic E-state index is 0.150. The van der Waals surface area contributed by atoms with Crippen LogP contribution in [0.15, 0.2) is 48.8 Å². The van der Waals surface area contributed by atoms with Gasteiger partial charge in [0.15, 0.2) is 0 Å². The molecule has 210 valence electrons. The van der Waals surface area contributed by atoms with Crippen LogP contribution >= 0.6 is 0 Å². The van der Waals surface area contributed by atoms with Crippen LogP contribution in [0.1, 0.15) is 70.9 Å². The zero-order chi connectivity index (χ0) is 28.2. The third-order valence-corrected chi connectivity index (χ3v) is 8.19. The first-order chi connectivity index (χ1) is 19.3. The number of benzene rings is 2. The average molecular weight is 541 g/mol. The number of carbonyl (C=O) groups excluding carboxylic acids is 2. The lowest BCUT2D eigenvalue weighted by Gasteiger charge is -2.23. The van der Waals surface area contributed by atoms with E-state index < -0.39 is 0 Å². The predicted molar refractivity (Wildman–Crippen MR) is 159 cm³/mol. The van der Waals surface area contributed by atoms with Gasteiger partial charge in [-0.05, 0) is 99.9 Å². The molecular formula is C32H40N6O2. The van der Waals surface area contributed by atoms with E-state index in [9.17, 15) is 9.59 Å². The minimum atomic E-state index is -0.367. The first kappa shape index (κ1) is 27.9. The van der Waals surface area contributed by atoms with Crippen LogP contribution in [-0.2, 0) is 25.7 Å². The lowest BCUT2D eigenvalue weighted by molar-refractivity contribution is 0.102. The van der Waals surface area contributed by atoms with E-state index in [4.69, 9.17) is 0 Å². The van der Waals surface area contributed by atoms with E-state index in [-0.39, 0.29) is 23.2 Å². The summed E-state index contributed by atoms with van der Waals surface area (Å²) in [7, 11) is 0. The van der Waals surface area contributed by atoms with Crippen molar-refractivity contribution < 1.29 is 9.59 Å². The SMILES string of the molecule is CC(C)N1CCc2ccc(NC(=O)c3cc(C(=O)Nc4ccc5c(c4)CCN(C(C)C)CC5)ncn3)cc2CC1. The van der Waals surface area contributed by atoms with Crippen LogP contribution in [0.4, 0.5) is 11.4 Å². The quantitative estimate of drug-likeness (QED) is 0.475. The van der Waals surface area contributed by atoms with Gasteiger partial charge in [0, 0.05) is 55.7 Å². The summed E-state index contributed by atoms with van der Waals surface area (Å²) in [4.78, 5) is 39.3. The third-order valence-electron chi connectivity index (χ3n) is 8.19. The second-order valence-electron chi connectivity index (χ2n) is 11.4. The predicted octanol–water partition coefficient (Wildman–Crippen LogP) is 4.60. The van der Waals surface area contributed by atoms with E-state index in [1.54, 1.807) is 0 Å². The number of fused-ring (bicyclic) bond motifs is 2. The largest absolute Gasteiger partial charge is 0.321 e. The molecule has 5 rings (SSSR count). The molecule has 2 aromatic carbocycles. The summed E-state index contributed by atoms with van der Waals surface area (Å²) in [5.74, 6) is -0.734. The fraction of sp³-hybridized carbons (Fsp3) is 0.438. The molecule has 0 unspecified atom stereocenters. The molecule has 8 heteroatoms. The van der Waals surface area contributed by atoms with Crippen molar-refractivity contribution in [2.75, 3.05) is 36.8 Å². The van der Waals surface area contributed by atoms with Crippen molar-refractivity contribution >= 4 is 23.2 Å². The first-order valence-corrected chi connectivity index (χ1v) is 14.4.